The number of benzene rings is 3. The number of hydrogen-bond acceptors (Lipinski definition) is 4. The fraction of sp³-hybridized carbons (Fsp3) is 0.321. The van der Waals surface area contributed by atoms with Crippen molar-refractivity contribution in [2.24, 2.45) is 0 Å². The summed E-state index contributed by atoms with van der Waals surface area (Å²) >= 11 is 0. The molecule has 2 aliphatic rings. The van der Waals surface area contributed by atoms with Crippen LogP contribution in [0.15, 0.2) is 66.7 Å². The number of nitrogens with one attached hydrogen (secondary N) is 2. The predicted molar refractivity (Wildman–Crippen MR) is 138 cm³/mol. The Balaban J connectivity index is 1.33. The molecule has 4 amide bonds. The van der Waals surface area contributed by atoms with Crippen molar-refractivity contribution >= 4 is 34.3 Å². The van der Waals surface area contributed by atoms with E-state index in [2.05, 4.69) is 10.6 Å². The smallest absolute Gasteiger partial charge is 0.321 e. The van der Waals surface area contributed by atoms with Crippen molar-refractivity contribution in [3.05, 3.63) is 78.1 Å². The second-order valence-electron chi connectivity index (χ2n) is 9.34. The van der Waals surface area contributed by atoms with Crippen LogP contribution in [0.5, 0.6) is 0 Å². The Morgan fingerprint density at radius 1 is 0.973 bits per heavy atom. The van der Waals surface area contributed by atoms with Gasteiger partial charge in [-0.1, -0.05) is 30.3 Å². The first-order valence-corrected chi connectivity index (χ1v) is 12.5. The Bertz CT molecular complexity index is 1290. The maximum Gasteiger partial charge on any atom is 0.321 e. The third kappa shape index (κ3) is 5.72. The number of ether oxygens (including phenoxy) is 1. The highest BCUT2D eigenvalue weighted by Gasteiger charge is 2.37. The third-order valence-electron chi connectivity index (χ3n) is 6.85. The van der Waals surface area contributed by atoms with E-state index in [0.717, 1.165) is 23.6 Å². The van der Waals surface area contributed by atoms with Crippen molar-refractivity contribution < 1.29 is 23.5 Å². The summed E-state index contributed by atoms with van der Waals surface area (Å²) in [6.07, 6.45) is 1.78. The molecule has 2 fully saturated rings. The Labute approximate surface area is 214 Å². The van der Waals surface area contributed by atoms with Crippen LogP contribution < -0.4 is 10.6 Å². The largest absolute Gasteiger partial charge is 0.376 e. The quantitative estimate of drug-likeness (QED) is 0.555. The van der Waals surface area contributed by atoms with Gasteiger partial charge < -0.3 is 25.2 Å². The van der Waals surface area contributed by atoms with Crippen molar-refractivity contribution in [3.8, 4) is 0 Å². The molecule has 37 heavy (non-hydrogen) atoms. The van der Waals surface area contributed by atoms with Crippen molar-refractivity contribution in [2.45, 2.75) is 25.0 Å². The number of carbonyl (C=O) groups excluding carboxylic acids is 3. The van der Waals surface area contributed by atoms with E-state index in [0.29, 0.717) is 24.4 Å². The molecule has 8 nitrogen and oxygen atoms in total. The van der Waals surface area contributed by atoms with Crippen LogP contribution in [0, 0.1) is 5.82 Å². The molecule has 0 bridgehead atoms. The average molecular weight is 505 g/mol. The number of urea groups is 1. The number of piperazine rings is 1. The molecule has 9 heteroatoms. The standard InChI is InChI=1S/C28H29FN4O4/c29-22-9-11-23(12-10-22)31-28(36)32-13-14-33(25(18-32)26(34)30-17-24-6-3-15-37-24)27(35)21-8-7-19-4-1-2-5-20(19)16-21/h1-2,4-5,7-12,16,24-25H,3,6,13-15,17-18H2,(H,30,34)(H,31,36). The number of carbonyl (C=O) groups is 3. The molecule has 2 saturated heterocycles. The fourth-order valence-corrected chi connectivity index (χ4v) is 4.80. The summed E-state index contributed by atoms with van der Waals surface area (Å²) in [5, 5.41) is 7.61. The highest BCUT2D eigenvalue weighted by molar-refractivity contribution is 6.01. The van der Waals surface area contributed by atoms with Gasteiger partial charge in [0.05, 0.1) is 12.6 Å². The Kier molecular flexibility index (Phi) is 7.32. The van der Waals surface area contributed by atoms with Crippen LogP contribution in [0.1, 0.15) is 23.2 Å². The molecule has 0 saturated carbocycles. The van der Waals surface area contributed by atoms with Gasteiger partial charge in [0, 0.05) is 37.5 Å². The molecule has 5 rings (SSSR count). The fourth-order valence-electron chi connectivity index (χ4n) is 4.80. The molecule has 2 N–H and O–H groups in total. The molecule has 0 aliphatic carbocycles. The summed E-state index contributed by atoms with van der Waals surface area (Å²) in [5.41, 5.74) is 0.931. The molecule has 0 radical (unpaired) electrons. The van der Waals surface area contributed by atoms with E-state index in [1.165, 1.54) is 34.1 Å². The average Bonchev–Trinajstić information content (AvgIpc) is 3.46. The molecular weight excluding hydrogens is 475 g/mol. The number of nitrogens with zero attached hydrogens (tertiary/aromatic N) is 2. The topological polar surface area (TPSA) is 91.0 Å². The van der Waals surface area contributed by atoms with Gasteiger partial charge in [-0.15, -0.1) is 0 Å². The zero-order chi connectivity index (χ0) is 25.8. The van der Waals surface area contributed by atoms with Crippen LogP contribution in [0.3, 0.4) is 0 Å². The Hall–Kier alpha value is -3.98. The van der Waals surface area contributed by atoms with Gasteiger partial charge >= 0.3 is 6.03 Å². The van der Waals surface area contributed by atoms with Crippen molar-refractivity contribution in [2.75, 3.05) is 38.1 Å². The molecule has 2 atom stereocenters. The highest BCUT2D eigenvalue weighted by atomic mass is 19.1. The highest BCUT2D eigenvalue weighted by Crippen LogP contribution is 2.21. The number of anilines is 1. The minimum atomic E-state index is -0.868. The van der Waals surface area contributed by atoms with Gasteiger partial charge in [-0.25, -0.2) is 9.18 Å². The van der Waals surface area contributed by atoms with Gasteiger partial charge in [-0.05, 0) is 60.0 Å². The molecule has 192 valence electrons. The number of rotatable bonds is 5. The lowest BCUT2D eigenvalue weighted by molar-refractivity contribution is -0.127. The summed E-state index contributed by atoms with van der Waals surface area (Å²) in [5.74, 6) is -0.993. The van der Waals surface area contributed by atoms with Gasteiger partial charge in [0.2, 0.25) is 5.91 Å². The molecule has 2 heterocycles. The van der Waals surface area contributed by atoms with Gasteiger partial charge in [-0.3, -0.25) is 9.59 Å². The summed E-state index contributed by atoms with van der Waals surface area (Å²) in [7, 11) is 0. The van der Waals surface area contributed by atoms with Crippen LogP contribution in [-0.2, 0) is 9.53 Å². The van der Waals surface area contributed by atoms with E-state index in [9.17, 15) is 18.8 Å². The van der Waals surface area contributed by atoms with Crippen LogP contribution in [0.2, 0.25) is 0 Å². The van der Waals surface area contributed by atoms with Crippen LogP contribution in [-0.4, -0.2) is 72.6 Å². The van der Waals surface area contributed by atoms with E-state index in [4.69, 9.17) is 4.74 Å². The predicted octanol–water partition coefficient (Wildman–Crippen LogP) is 3.63. The lowest BCUT2D eigenvalue weighted by atomic mass is 10.0. The second kappa shape index (κ2) is 11.0. The van der Waals surface area contributed by atoms with E-state index in [1.807, 2.05) is 36.4 Å². The van der Waals surface area contributed by atoms with Crippen molar-refractivity contribution in [1.82, 2.24) is 15.1 Å². The summed E-state index contributed by atoms with van der Waals surface area (Å²) in [6, 6.07) is 17.4. The van der Waals surface area contributed by atoms with E-state index >= 15 is 0 Å². The summed E-state index contributed by atoms with van der Waals surface area (Å²) in [6.45, 7) is 1.51. The Morgan fingerprint density at radius 3 is 2.51 bits per heavy atom. The summed E-state index contributed by atoms with van der Waals surface area (Å²) < 4.78 is 18.8. The molecular formula is C28H29FN4O4. The van der Waals surface area contributed by atoms with Gasteiger partial charge in [0.1, 0.15) is 11.9 Å². The first-order chi connectivity index (χ1) is 18.0. The lowest BCUT2D eigenvalue weighted by Gasteiger charge is -2.40. The second-order valence-corrected chi connectivity index (χ2v) is 9.34. The zero-order valence-corrected chi connectivity index (χ0v) is 20.4. The number of fused-ring (bicyclic) bond motifs is 1. The monoisotopic (exact) mass is 504 g/mol. The number of amides is 4. The van der Waals surface area contributed by atoms with E-state index in [-0.39, 0.29) is 37.6 Å². The van der Waals surface area contributed by atoms with Gasteiger partial charge in [0.15, 0.2) is 0 Å². The molecule has 3 aromatic rings. The van der Waals surface area contributed by atoms with Gasteiger partial charge in [0.25, 0.3) is 5.91 Å². The third-order valence-corrected chi connectivity index (χ3v) is 6.85. The molecule has 0 spiro atoms. The van der Waals surface area contributed by atoms with Gasteiger partial charge in [-0.2, -0.15) is 0 Å². The van der Waals surface area contributed by atoms with Crippen molar-refractivity contribution in [3.63, 3.8) is 0 Å². The first kappa shape index (κ1) is 24.7. The van der Waals surface area contributed by atoms with Crippen LogP contribution in [0.25, 0.3) is 10.8 Å². The van der Waals surface area contributed by atoms with Crippen LogP contribution >= 0.6 is 0 Å². The minimum absolute atomic E-state index is 0.0315. The SMILES string of the molecule is O=C(NCC1CCCO1)C1CN(C(=O)Nc2ccc(F)cc2)CCN1C(=O)c1ccc2ccccc2c1. The minimum Gasteiger partial charge on any atom is -0.376 e. The molecule has 2 unspecified atom stereocenters. The normalized spacial score (nSPS) is 19.6. The Morgan fingerprint density at radius 2 is 1.76 bits per heavy atom. The maximum absolute atomic E-state index is 13.6. The number of hydrogen-bond donors (Lipinski definition) is 2. The van der Waals surface area contributed by atoms with Crippen molar-refractivity contribution in [1.29, 1.82) is 0 Å². The van der Waals surface area contributed by atoms with E-state index < -0.39 is 17.9 Å². The molecule has 2 aliphatic heterocycles. The van der Waals surface area contributed by atoms with Crippen LogP contribution in [0.4, 0.5) is 14.9 Å². The number of halogens is 1. The van der Waals surface area contributed by atoms with E-state index in [1.54, 1.807) is 6.07 Å². The lowest BCUT2D eigenvalue weighted by Crippen LogP contribution is -2.62. The summed E-state index contributed by atoms with van der Waals surface area (Å²) in [4.78, 5) is 42.9. The maximum atomic E-state index is 13.6. The zero-order valence-electron chi connectivity index (χ0n) is 20.4. The molecule has 0 aromatic heterocycles. The molecule has 3 aromatic carbocycles. The first-order valence-electron chi connectivity index (χ1n) is 12.5.